The molecule has 10 aromatic rings. The molecule has 0 saturated carbocycles. The van der Waals surface area contributed by atoms with Gasteiger partial charge in [-0.25, -0.2) is 0 Å². The van der Waals surface area contributed by atoms with E-state index in [1.54, 1.807) is 0 Å². The highest BCUT2D eigenvalue weighted by Gasteiger charge is 2.19. The summed E-state index contributed by atoms with van der Waals surface area (Å²) >= 11 is 0. The largest absolute Gasteiger partial charge is 0.456 e. The van der Waals surface area contributed by atoms with Crippen LogP contribution in [0.2, 0.25) is 0 Å². The first kappa shape index (κ1) is 31.6. The van der Waals surface area contributed by atoms with E-state index in [9.17, 15) is 0 Å². The molecule has 2 heteroatoms. The maximum absolute atomic E-state index is 6.65. The fourth-order valence-electron chi connectivity index (χ4n) is 7.93. The molecule has 0 radical (unpaired) electrons. The summed E-state index contributed by atoms with van der Waals surface area (Å²) in [7, 11) is 0. The summed E-state index contributed by atoms with van der Waals surface area (Å²) < 4.78 is 6.65. The van der Waals surface area contributed by atoms with E-state index in [2.05, 4.69) is 217 Å². The van der Waals surface area contributed by atoms with Crippen molar-refractivity contribution < 1.29 is 4.42 Å². The molecule has 0 fully saturated rings. The third-order valence-corrected chi connectivity index (χ3v) is 10.4. The first-order valence-electron chi connectivity index (χ1n) is 18.4. The fourth-order valence-corrected chi connectivity index (χ4v) is 7.93. The summed E-state index contributed by atoms with van der Waals surface area (Å²) in [6.45, 7) is 0. The quantitative estimate of drug-likeness (QED) is 0.166. The molecular formula is C52H35NO. The van der Waals surface area contributed by atoms with Gasteiger partial charge in [0.2, 0.25) is 0 Å². The Morgan fingerprint density at radius 2 is 0.815 bits per heavy atom. The highest BCUT2D eigenvalue weighted by atomic mass is 16.3. The van der Waals surface area contributed by atoms with Crippen LogP contribution < -0.4 is 4.90 Å². The molecule has 0 aliphatic heterocycles. The Labute approximate surface area is 314 Å². The van der Waals surface area contributed by atoms with E-state index in [0.29, 0.717) is 0 Å². The van der Waals surface area contributed by atoms with E-state index >= 15 is 0 Å². The topological polar surface area (TPSA) is 16.4 Å². The Kier molecular flexibility index (Phi) is 7.85. The van der Waals surface area contributed by atoms with Gasteiger partial charge in [0.1, 0.15) is 11.2 Å². The minimum absolute atomic E-state index is 0.891. The lowest BCUT2D eigenvalue weighted by molar-refractivity contribution is 0.669. The second-order valence-corrected chi connectivity index (χ2v) is 13.7. The maximum atomic E-state index is 6.65. The Hall–Kier alpha value is -7.16. The predicted molar refractivity (Wildman–Crippen MR) is 228 cm³/mol. The first-order chi connectivity index (χ1) is 26.8. The van der Waals surface area contributed by atoms with E-state index in [-0.39, 0.29) is 0 Å². The zero-order valence-electron chi connectivity index (χ0n) is 29.6. The monoisotopic (exact) mass is 689 g/mol. The lowest BCUT2D eigenvalue weighted by Gasteiger charge is -2.26. The second kappa shape index (κ2) is 13.4. The van der Waals surface area contributed by atoms with Crippen molar-refractivity contribution in [3.05, 3.63) is 212 Å². The van der Waals surface area contributed by atoms with Crippen molar-refractivity contribution >= 4 is 49.8 Å². The van der Waals surface area contributed by atoms with Gasteiger partial charge in [0.25, 0.3) is 0 Å². The number of rotatable bonds is 7. The summed E-state index contributed by atoms with van der Waals surface area (Å²) in [5.41, 5.74) is 14.5. The normalized spacial score (nSPS) is 11.3. The van der Waals surface area contributed by atoms with Crippen LogP contribution in [0.1, 0.15) is 0 Å². The minimum Gasteiger partial charge on any atom is -0.456 e. The van der Waals surface area contributed by atoms with Gasteiger partial charge >= 0.3 is 0 Å². The molecule has 0 unspecified atom stereocenters. The first-order valence-corrected chi connectivity index (χ1v) is 18.4. The smallest absolute Gasteiger partial charge is 0.136 e. The molecule has 0 amide bonds. The third kappa shape index (κ3) is 5.62. The van der Waals surface area contributed by atoms with Gasteiger partial charge in [-0.2, -0.15) is 0 Å². The van der Waals surface area contributed by atoms with Crippen LogP contribution in [0.5, 0.6) is 0 Å². The van der Waals surface area contributed by atoms with Crippen molar-refractivity contribution in [2.24, 2.45) is 0 Å². The van der Waals surface area contributed by atoms with Gasteiger partial charge in [0.15, 0.2) is 0 Å². The van der Waals surface area contributed by atoms with E-state index < -0.39 is 0 Å². The summed E-state index contributed by atoms with van der Waals surface area (Å²) in [4.78, 5) is 2.33. The lowest BCUT2D eigenvalue weighted by Crippen LogP contribution is -2.09. The zero-order chi connectivity index (χ0) is 35.8. The molecular weight excluding hydrogens is 655 g/mol. The minimum atomic E-state index is 0.891. The summed E-state index contributed by atoms with van der Waals surface area (Å²) in [5.74, 6) is 0. The van der Waals surface area contributed by atoms with Crippen LogP contribution in [0.3, 0.4) is 0 Å². The number of nitrogens with zero attached hydrogens (tertiary/aromatic N) is 1. The van der Waals surface area contributed by atoms with Crippen LogP contribution in [0, 0.1) is 0 Å². The SMILES string of the molecule is c1ccc(-c2ccc(N(c3ccccc3)c3cccc(-c4cccc(-c5cccc6oc7cc(-c8ccccc8)c8ccccc8c7c56)c4)c3)cc2)cc1. The number of hydrogen-bond acceptors (Lipinski definition) is 2. The van der Waals surface area contributed by atoms with Gasteiger partial charge in [-0.05, 0) is 110 Å². The number of fused-ring (bicyclic) bond motifs is 5. The molecule has 1 aromatic heterocycles. The van der Waals surface area contributed by atoms with Crippen LogP contribution >= 0.6 is 0 Å². The summed E-state index contributed by atoms with van der Waals surface area (Å²) in [5, 5.41) is 4.71. The van der Waals surface area contributed by atoms with Crippen molar-refractivity contribution in [3.8, 4) is 44.5 Å². The number of benzene rings is 9. The molecule has 0 aliphatic carbocycles. The van der Waals surface area contributed by atoms with E-state index in [1.165, 1.54) is 33.0 Å². The molecule has 54 heavy (non-hydrogen) atoms. The molecule has 10 rings (SSSR count). The van der Waals surface area contributed by atoms with E-state index in [4.69, 9.17) is 4.42 Å². The predicted octanol–water partition coefficient (Wildman–Crippen LogP) is 14.9. The van der Waals surface area contributed by atoms with Gasteiger partial charge in [-0.3, -0.25) is 0 Å². The van der Waals surface area contributed by atoms with Gasteiger partial charge in [-0.15, -0.1) is 0 Å². The number of hydrogen-bond donors (Lipinski definition) is 0. The number of para-hydroxylation sites is 1. The molecule has 2 nitrogen and oxygen atoms in total. The lowest BCUT2D eigenvalue weighted by atomic mass is 9.92. The highest BCUT2D eigenvalue weighted by Crippen LogP contribution is 2.44. The van der Waals surface area contributed by atoms with Crippen LogP contribution in [-0.4, -0.2) is 0 Å². The average Bonchev–Trinajstić information content (AvgIpc) is 3.64. The maximum Gasteiger partial charge on any atom is 0.136 e. The van der Waals surface area contributed by atoms with Crippen molar-refractivity contribution in [3.63, 3.8) is 0 Å². The van der Waals surface area contributed by atoms with Crippen LogP contribution in [0.25, 0.3) is 77.2 Å². The summed E-state index contributed by atoms with van der Waals surface area (Å²) in [6, 6.07) is 75.7. The summed E-state index contributed by atoms with van der Waals surface area (Å²) in [6.07, 6.45) is 0. The molecule has 9 aromatic carbocycles. The van der Waals surface area contributed by atoms with Crippen LogP contribution in [-0.2, 0) is 0 Å². The molecule has 0 bridgehead atoms. The molecule has 0 saturated heterocycles. The van der Waals surface area contributed by atoms with E-state index in [1.807, 2.05) is 0 Å². The van der Waals surface area contributed by atoms with Gasteiger partial charge in [0.05, 0.1) is 0 Å². The van der Waals surface area contributed by atoms with Gasteiger partial charge < -0.3 is 9.32 Å². The Morgan fingerprint density at radius 3 is 1.57 bits per heavy atom. The van der Waals surface area contributed by atoms with Crippen molar-refractivity contribution in [2.45, 2.75) is 0 Å². The van der Waals surface area contributed by atoms with Crippen molar-refractivity contribution in [1.29, 1.82) is 0 Å². The Balaban J connectivity index is 1.08. The highest BCUT2D eigenvalue weighted by molar-refractivity contribution is 6.25. The molecule has 0 spiro atoms. The third-order valence-electron chi connectivity index (χ3n) is 10.4. The second-order valence-electron chi connectivity index (χ2n) is 13.7. The Morgan fingerprint density at radius 1 is 0.278 bits per heavy atom. The number of anilines is 3. The number of furan rings is 1. The molecule has 1 heterocycles. The molecule has 0 aliphatic rings. The zero-order valence-corrected chi connectivity index (χ0v) is 29.6. The van der Waals surface area contributed by atoms with Gasteiger partial charge in [-0.1, -0.05) is 158 Å². The van der Waals surface area contributed by atoms with E-state index in [0.717, 1.165) is 61.3 Å². The molecule has 0 atom stereocenters. The van der Waals surface area contributed by atoms with Gasteiger partial charge in [0, 0.05) is 27.8 Å². The van der Waals surface area contributed by atoms with Crippen molar-refractivity contribution in [2.75, 3.05) is 4.90 Å². The van der Waals surface area contributed by atoms with Crippen molar-refractivity contribution in [1.82, 2.24) is 0 Å². The average molecular weight is 690 g/mol. The molecule has 254 valence electrons. The van der Waals surface area contributed by atoms with Crippen LogP contribution in [0.15, 0.2) is 217 Å². The Bertz CT molecular complexity index is 2910. The van der Waals surface area contributed by atoms with Crippen LogP contribution in [0.4, 0.5) is 17.1 Å². The fraction of sp³-hybridized carbons (Fsp3) is 0. The molecule has 0 N–H and O–H groups in total. The standard InChI is InChI=1S/C52H35NO/c1-4-15-36(16-5-1)37-29-31-43(32-30-37)53(42-22-8-3-9-23-42)44-24-13-20-40(34-44)39-19-12-21-41(33-39)45-27-14-28-49-51(45)52-47-26-11-10-25-46(47)48(35-50(52)54-49)38-17-6-2-7-18-38/h1-35H.